The van der Waals surface area contributed by atoms with Gasteiger partial charge in [-0.25, -0.2) is 0 Å². The number of hydrogen-bond acceptors (Lipinski definition) is 4. The lowest BCUT2D eigenvalue weighted by Crippen LogP contribution is -2.21. The third-order valence-electron chi connectivity index (χ3n) is 1.97. The fourth-order valence-corrected chi connectivity index (χ4v) is 1.29. The fourth-order valence-electron chi connectivity index (χ4n) is 1.29. The minimum Gasteiger partial charge on any atom is -0.504 e. The summed E-state index contributed by atoms with van der Waals surface area (Å²) in [5.74, 6) is -0.459. The van der Waals surface area contributed by atoms with Crippen molar-refractivity contribution in [2.24, 2.45) is 0 Å². The van der Waals surface area contributed by atoms with E-state index in [1.165, 1.54) is 0 Å². The highest BCUT2D eigenvalue weighted by Crippen LogP contribution is 2.29. The maximum absolute atomic E-state index is 10.3. The highest BCUT2D eigenvalue weighted by Gasteiger charge is 2.07. The van der Waals surface area contributed by atoms with Crippen LogP contribution in [0.5, 0.6) is 11.5 Å². The molecule has 0 unspecified atom stereocenters. The van der Waals surface area contributed by atoms with Gasteiger partial charge in [0.05, 0.1) is 13.2 Å². The maximum Gasteiger partial charge on any atom is 0.317 e. The average molecular weight is 225 g/mol. The van der Waals surface area contributed by atoms with E-state index in [1.807, 2.05) is 6.92 Å². The van der Waals surface area contributed by atoms with E-state index in [1.54, 1.807) is 18.2 Å². The molecule has 1 rings (SSSR count). The van der Waals surface area contributed by atoms with Crippen molar-refractivity contribution in [1.29, 1.82) is 0 Å². The summed E-state index contributed by atoms with van der Waals surface area (Å²) < 4.78 is 5.21. The lowest BCUT2D eigenvalue weighted by Gasteiger charge is -2.10. The Bertz CT molecular complexity index is 365. The lowest BCUT2D eigenvalue weighted by molar-refractivity contribution is -0.136. The van der Waals surface area contributed by atoms with E-state index in [0.717, 1.165) is 0 Å². The standard InChI is InChI=1S/C11H15NO4/c1-2-16-9-5-3-4-8(11(9)15)6-12-7-10(13)14/h3-5,12,15H,2,6-7H2,1H3,(H,13,14). The zero-order chi connectivity index (χ0) is 12.0. The molecule has 0 heterocycles. The van der Waals surface area contributed by atoms with E-state index in [0.29, 0.717) is 24.5 Å². The van der Waals surface area contributed by atoms with Crippen LogP contribution in [0.4, 0.5) is 0 Å². The van der Waals surface area contributed by atoms with Crippen LogP contribution in [-0.2, 0) is 11.3 Å². The molecule has 1 aromatic rings. The number of hydrogen-bond donors (Lipinski definition) is 3. The first-order valence-electron chi connectivity index (χ1n) is 5.01. The number of phenols is 1. The van der Waals surface area contributed by atoms with Crippen LogP contribution in [0.15, 0.2) is 18.2 Å². The van der Waals surface area contributed by atoms with E-state index in [4.69, 9.17) is 9.84 Å². The van der Waals surface area contributed by atoms with Gasteiger partial charge in [-0.05, 0) is 13.0 Å². The molecule has 3 N–H and O–H groups in total. The Morgan fingerprint density at radius 3 is 2.88 bits per heavy atom. The number of aromatic hydroxyl groups is 1. The van der Waals surface area contributed by atoms with Gasteiger partial charge in [0.25, 0.3) is 0 Å². The highest BCUT2D eigenvalue weighted by molar-refractivity contribution is 5.69. The highest BCUT2D eigenvalue weighted by atomic mass is 16.5. The molecule has 0 aliphatic rings. The van der Waals surface area contributed by atoms with E-state index >= 15 is 0 Å². The van der Waals surface area contributed by atoms with Gasteiger partial charge in [-0.3, -0.25) is 4.79 Å². The van der Waals surface area contributed by atoms with Gasteiger partial charge in [-0.1, -0.05) is 12.1 Å². The Morgan fingerprint density at radius 1 is 1.50 bits per heavy atom. The topological polar surface area (TPSA) is 78.8 Å². The number of para-hydroxylation sites is 1. The molecule has 88 valence electrons. The summed E-state index contributed by atoms with van der Waals surface area (Å²) in [4.78, 5) is 10.3. The molecule has 0 amide bonds. The first-order chi connectivity index (χ1) is 7.65. The normalized spacial score (nSPS) is 10.1. The van der Waals surface area contributed by atoms with Crippen molar-refractivity contribution in [2.45, 2.75) is 13.5 Å². The predicted octanol–water partition coefficient (Wildman–Crippen LogP) is 0.965. The zero-order valence-corrected chi connectivity index (χ0v) is 9.06. The Labute approximate surface area is 93.7 Å². The van der Waals surface area contributed by atoms with E-state index in [2.05, 4.69) is 5.32 Å². The first kappa shape index (κ1) is 12.3. The van der Waals surface area contributed by atoms with Crippen molar-refractivity contribution in [3.63, 3.8) is 0 Å². The molecule has 1 aromatic carbocycles. The molecule has 0 aromatic heterocycles. The number of carboxylic acid groups (broad SMARTS) is 1. The summed E-state index contributed by atoms with van der Waals surface area (Å²) in [5.41, 5.74) is 0.618. The van der Waals surface area contributed by atoms with Crippen LogP contribution in [0.1, 0.15) is 12.5 Å². The van der Waals surface area contributed by atoms with Gasteiger partial charge in [0, 0.05) is 12.1 Å². The van der Waals surface area contributed by atoms with Crippen LogP contribution in [0, 0.1) is 0 Å². The zero-order valence-electron chi connectivity index (χ0n) is 9.06. The molecule has 16 heavy (non-hydrogen) atoms. The number of nitrogens with one attached hydrogen (secondary N) is 1. The summed E-state index contributed by atoms with van der Waals surface area (Å²) >= 11 is 0. The first-order valence-corrected chi connectivity index (χ1v) is 5.01. The SMILES string of the molecule is CCOc1cccc(CNCC(=O)O)c1O. The van der Waals surface area contributed by atoms with E-state index in [9.17, 15) is 9.90 Å². The van der Waals surface area contributed by atoms with Crippen molar-refractivity contribution >= 4 is 5.97 Å². The minimum absolute atomic E-state index is 0.0576. The molecule has 0 saturated heterocycles. The smallest absolute Gasteiger partial charge is 0.317 e. The van der Waals surface area contributed by atoms with E-state index in [-0.39, 0.29) is 12.3 Å². The third-order valence-corrected chi connectivity index (χ3v) is 1.97. The molecule has 0 radical (unpaired) electrons. The Kier molecular flexibility index (Phi) is 4.60. The van der Waals surface area contributed by atoms with Gasteiger partial charge in [-0.2, -0.15) is 0 Å². The molecule has 0 fully saturated rings. The van der Waals surface area contributed by atoms with Crippen molar-refractivity contribution in [2.75, 3.05) is 13.2 Å². The molecular weight excluding hydrogens is 210 g/mol. The Morgan fingerprint density at radius 2 is 2.25 bits per heavy atom. The van der Waals surface area contributed by atoms with Crippen molar-refractivity contribution in [1.82, 2.24) is 5.32 Å². The van der Waals surface area contributed by atoms with Crippen LogP contribution >= 0.6 is 0 Å². The molecule has 0 aliphatic heterocycles. The molecule has 0 aliphatic carbocycles. The van der Waals surface area contributed by atoms with Gasteiger partial charge in [0.15, 0.2) is 11.5 Å². The Balaban J connectivity index is 2.65. The second-order valence-electron chi connectivity index (χ2n) is 3.19. The van der Waals surface area contributed by atoms with Gasteiger partial charge < -0.3 is 20.3 Å². The van der Waals surface area contributed by atoms with Gasteiger partial charge in [0.1, 0.15) is 0 Å². The fraction of sp³-hybridized carbons (Fsp3) is 0.364. The van der Waals surface area contributed by atoms with Crippen LogP contribution in [0.2, 0.25) is 0 Å². The molecule has 0 atom stereocenters. The van der Waals surface area contributed by atoms with E-state index < -0.39 is 5.97 Å². The monoisotopic (exact) mass is 225 g/mol. The number of aliphatic carboxylic acids is 1. The average Bonchev–Trinajstić information content (AvgIpc) is 2.23. The second kappa shape index (κ2) is 5.97. The number of benzene rings is 1. The minimum atomic E-state index is -0.930. The molecule has 5 heteroatoms. The largest absolute Gasteiger partial charge is 0.504 e. The van der Waals surface area contributed by atoms with Crippen LogP contribution in [0.25, 0.3) is 0 Å². The maximum atomic E-state index is 10.3. The molecule has 5 nitrogen and oxygen atoms in total. The van der Waals surface area contributed by atoms with Crippen LogP contribution in [0.3, 0.4) is 0 Å². The van der Waals surface area contributed by atoms with Crippen molar-refractivity contribution in [3.8, 4) is 11.5 Å². The predicted molar refractivity (Wildman–Crippen MR) is 58.6 cm³/mol. The quantitative estimate of drug-likeness (QED) is 0.672. The molecule has 0 bridgehead atoms. The van der Waals surface area contributed by atoms with Gasteiger partial charge in [-0.15, -0.1) is 0 Å². The molecular formula is C11H15NO4. The van der Waals surface area contributed by atoms with Crippen LogP contribution < -0.4 is 10.1 Å². The summed E-state index contributed by atoms with van der Waals surface area (Å²) in [6, 6.07) is 5.13. The Hall–Kier alpha value is -1.75. The summed E-state index contributed by atoms with van der Waals surface area (Å²) in [5, 5.41) is 20.9. The van der Waals surface area contributed by atoms with Gasteiger partial charge >= 0.3 is 5.97 Å². The summed E-state index contributed by atoms with van der Waals surface area (Å²) in [6.45, 7) is 2.45. The molecule has 0 saturated carbocycles. The second-order valence-corrected chi connectivity index (χ2v) is 3.19. The summed E-state index contributed by atoms with van der Waals surface area (Å²) in [7, 11) is 0. The van der Waals surface area contributed by atoms with Crippen molar-refractivity contribution < 1.29 is 19.7 Å². The van der Waals surface area contributed by atoms with Crippen molar-refractivity contribution in [3.05, 3.63) is 23.8 Å². The summed E-state index contributed by atoms with van der Waals surface area (Å²) in [6.07, 6.45) is 0. The number of carbonyl (C=O) groups is 1. The number of ether oxygens (including phenoxy) is 1. The number of phenolic OH excluding ortho intramolecular Hbond substituents is 1. The third kappa shape index (κ3) is 3.43. The number of carboxylic acids is 1. The number of rotatable bonds is 6. The van der Waals surface area contributed by atoms with Crippen LogP contribution in [-0.4, -0.2) is 29.3 Å². The molecule has 0 spiro atoms. The van der Waals surface area contributed by atoms with Gasteiger partial charge in [0.2, 0.25) is 0 Å². The lowest BCUT2D eigenvalue weighted by atomic mass is 10.2.